The van der Waals surface area contributed by atoms with Gasteiger partial charge in [0.15, 0.2) is 0 Å². The van der Waals surface area contributed by atoms with Crippen LogP contribution in [0.2, 0.25) is 0 Å². The molecule has 2 aromatic rings. The number of carbonyl (C=O) groups is 2. The molecular weight excluding hydrogens is 316 g/mol. The summed E-state index contributed by atoms with van der Waals surface area (Å²) in [6, 6.07) is 7.76. The number of aryl methyl sites for hydroxylation is 2. The summed E-state index contributed by atoms with van der Waals surface area (Å²) in [7, 11) is 0. The molecule has 132 valence electrons. The average molecular weight is 340 g/mol. The van der Waals surface area contributed by atoms with Gasteiger partial charge in [-0.15, -0.1) is 0 Å². The molecule has 0 unspecified atom stereocenters. The highest BCUT2D eigenvalue weighted by atomic mass is 16.3. The number of carbonyl (C=O) groups excluding carboxylic acids is 2. The SMILES string of the molecule is CCc1cccc(C)c1NC(=O)C1CCN(C(=O)c2ccoc2)CC1. The van der Waals surface area contributed by atoms with E-state index in [0.717, 1.165) is 23.2 Å². The lowest BCUT2D eigenvalue weighted by atomic mass is 9.95. The lowest BCUT2D eigenvalue weighted by Crippen LogP contribution is -2.41. The number of likely N-dealkylation sites (tertiary alicyclic amines) is 1. The summed E-state index contributed by atoms with van der Waals surface area (Å²) in [6.45, 7) is 5.29. The zero-order chi connectivity index (χ0) is 17.8. The predicted octanol–water partition coefficient (Wildman–Crippen LogP) is 3.64. The van der Waals surface area contributed by atoms with E-state index >= 15 is 0 Å². The minimum Gasteiger partial charge on any atom is -0.472 e. The number of amides is 2. The van der Waals surface area contributed by atoms with Crippen LogP contribution in [0.1, 0.15) is 41.3 Å². The molecule has 1 saturated heterocycles. The Balaban J connectivity index is 1.60. The van der Waals surface area contributed by atoms with Gasteiger partial charge in [-0.3, -0.25) is 9.59 Å². The van der Waals surface area contributed by atoms with E-state index in [9.17, 15) is 9.59 Å². The molecule has 1 aromatic heterocycles. The first-order valence-corrected chi connectivity index (χ1v) is 8.81. The van der Waals surface area contributed by atoms with Gasteiger partial charge >= 0.3 is 0 Å². The average Bonchev–Trinajstić information content (AvgIpc) is 3.17. The van der Waals surface area contributed by atoms with Gasteiger partial charge in [-0.05, 0) is 43.4 Å². The van der Waals surface area contributed by atoms with Gasteiger partial charge in [-0.1, -0.05) is 25.1 Å². The molecular formula is C20H24N2O3. The fourth-order valence-electron chi connectivity index (χ4n) is 3.34. The Labute approximate surface area is 148 Å². The molecule has 5 heteroatoms. The predicted molar refractivity (Wildman–Crippen MR) is 96.5 cm³/mol. The molecule has 0 radical (unpaired) electrons. The quantitative estimate of drug-likeness (QED) is 0.924. The topological polar surface area (TPSA) is 62.6 Å². The van der Waals surface area contributed by atoms with Crippen molar-refractivity contribution in [3.05, 3.63) is 53.5 Å². The number of rotatable bonds is 4. The van der Waals surface area contributed by atoms with E-state index in [0.29, 0.717) is 31.5 Å². The number of nitrogens with zero attached hydrogens (tertiary/aromatic N) is 1. The van der Waals surface area contributed by atoms with E-state index in [-0.39, 0.29) is 17.7 Å². The molecule has 2 heterocycles. The van der Waals surface area contributed by atoms with Crippen molar-refractivity contribution in [2.45, 2.75) is 33.1 Å². The molecule has 0 atom stereocenters. The van der Waals surface area contributed by atoms with Crippen LogP contribution in [0.25, 0.3) is 0 Å². The first-order chi connectivity index (χ1) is 12.1. The Hall–Kier alpha value is -2.56. The second-order valence-corrected chi connectivity index (χ2v) is 6.53. The molecule has 1 aromatic carbocycles. The van der Waals surface area contributed by atoms with Crippen LogP contribution < -0.4 is 5.32 Å². The second kappa shape index (κ2) is 7.55. The van der Waals surface area contributed by atoms with Gasteiger partial charge in [-0.25, -0.2) is 0 Å². The smallest absolute Gasteiger partial charge is 0.257 e. The molecule has 1 N–H and O–H groups in total. The summed E-state index contributed by atoms with van der Waals surface area (Å²) >= 11 is 0. The monoisotopic (exact) mass is 340 g/mol. The van der Waals surface area contributed by atoms with Gasteiger partial charge in [0.25, 0.3) is 5.91 Å². The van der Waals surface area contributed by atoms with Crippen LogP contribution in [0.5, 0.6) is 0 Å². The molecule has 0 saturated carbocycles. The number of anilines is 1. The highest BCUT2D eigenvalue weighted by Gasteiger charge is 2.28. The van der Waals surface area contributed by atoms with Gasteiger partial charge in [0.1, 0.15) is 6.26 Å². The van der Waals surface area contributed by atoms with Crippen LogP contribution in [0.15, 0.2) is 41.2 Å². The molecule has 1 fully saturated rings. The number of hydrogen-bond acceptors (Lipinski definition) is 3. The highest BCUT2D eigenvalue weighted by molar-refractivity contribution is 5.95. The third-order valence-corrected chi connectivity index (χ3v) is 4.91. The van der Waals surface area contributed by atoms with E-state index in [4.69, 9.17) is 4.42 Å². The normalized spacial score (nSPS) is 15.2. The molecule has 25 heavy (non-hydrogen) atoms. The standard InChI is InChI=1S/C20H24N2O3/c1-3-15-6-4-5-14(2)18(15)21-19(23)16-7-10-22(11-8-16)20(24)17-9-12-25-13-17/h4-6,9,12-13,16H,3,7-8,10-11H2,1-2H3,(H,21,23). The van der Waals surface area contributed by atoms with Crippen LogP contribution in [0.3, 0.4) is 0 Å². The molecule has 0 bridgehead atoms. The molecule has 1 aliphatic heterocycles. The zero-order valence-corrected chi connectivity index (χ0v) is 14.7. The van der Waals surface area contributed by atoms with Crippen LogP contribution in [-0.4, -0.2) is 29.8 Å². The number of hydrogen-bond donors (Lipinski definition) is 1. The van der Waals surface area contributed by atoms with Gasteiger partial charge < -0.3 is 14.6 Å². The summed E-state index contributed by atoms with van der Waals surface area (Å²) in [5.74, 6) is -0.0306. The first kappa shape index (κ1) is 17.3. The van der Waals surface area contributed by atoms with Crippen molar-refractivity contribution in [1.82, 2.24) is 4.90 Å². The van der Waals surface area contributed by atoms with E-state index < -0.39 is 0 Å². The van der Waals surface area contributed by atoms with Crippen molar-refractivity contribution in [2.75, 3.05) is 18.4 Å². The maximum Gasteiger partial charge on any atom is 0.257 e. The lowest BCUT2D eigenvalue weighted by molar-refractivity contribution is -0.121. The Morgan fingerprint density at radius 1 is 1.24 bits per heavy atom. The van der Waals surface area contributed by atoms with E-state index in [1.807, 2.05) is 19.1 Å². The van der Waals surface area contributed by atoms with Crippen molar-refractivity contribution < 1.29 is 14.0 Å². The van der Waals surface area contributed by atoms with Crippen molar-refractivity contribution >= 4 is 17.5 Å². The van der Waals surface area contributed by atoms with Gasteiger partial charge in [-0.2, -0.15) is 0 Å². The number of piperidine rings is 1. The van der Waals surface area contributed by atoms with Gasteiger partial charge in [0.05, 0.1) is 11.8 Å². The molecule has 1 aliphatic rings. The lowest BCUT2D eigenvalue weighted by Gasteiger charge is -2.31. The maximum absolute atomic E-state index is 12.7. The third kappa shape index (κ3) is 3.76. The van der Waals surface area contributed by atoms with Crippen molar-refractivity contribution in [3.63, 3.8) is 0 Å². The summed E-state index contributed by atoms with van der Waals surface area (Å²) < 4.78 is 4.97. The largest absolute Gasteiger partial charge is 0.472 e. The molecule has 5 nitrogen and oxygen atoms in total. The summed E-state index contributed by atoms with van der Waals surface area (Å²) in [6.07, 6.45) is 5.22. The fourth-order valence-corrected chi connectivity index (χ4v) is 3.34. The first-order valence-electron chi connectivity index (χ1n) is 8.81. The number of furan rings is 1. The van der Waals surface area contributed by atoms with Gasteiger partial charge in [0.2, 0.25) is 5.91 Å². The minimum atomic E-state index is -0.0577. The van der Waals surface area contributed by atoms with Crippen LogP contribution in [0, 0.1) is 12.8 Å². The Morgan fingerprint density at radius 3 is 2.64 bits per heavy atom. The maximum atomic E-state index is 12.7. The Kier molecular flexibility index (Phi) is 5.22. The number of para-hydroxylation sites is 1. The number of benzene rings is 1. The molecule has 3 rings (SSSR count). The van der Waals surface area contributed by atoms with Gasteiger partial charge in [0, 0.05) is 24.7 Å². The Bertz CT molecular complexity index is 744. The Morgan fingerprint density at radius 2 is 2.00 bits per heavy atom. The van der Waals surface area contributed by atoms with E-state index in [1.165, 1.54) is 12.5 Å². The van der Waals surface area contributed by atoms with Crippen molar-refractivity contribution in [1.29, 1.82) is 0 Å². The summed E-state index contributed by atoms with van der Waals surface area (Å²) in [4.78, 5) is 26.8. The van der Waals surface area contributed by atoms with Crippen LogP contribution >= 0.6 is 0 Å². The summed E-state index contributed by atoms with van der Waals surface area (Å²) in [5, 5.41) is 3.11. The molecule has 0 aliphatic carbocycles. The van der Waals surface area contributed by atoms with Crippen LogP contribution in [0.4, 0.5) is 5.69 Å². The highest BCUT2D eigenvalue weighted by Crippen LogP contribution is 2.25. The second-order valence-electron chi connectivity index (χ2n) is 6.53. The summed E-state index contributed by atoms with van der Waals surface area (Å²) in [5.41, 5.74) is 3.74. The van der Waals surface area contributed by atoms with E-state index in [1.54, 1.807) is 11.0 Å². The zero-order valence-electron chi connectivity index (χ0n) is 14.7. The van der Waals surface area contributed by atoms with Crippen molar-refractivity contribution in [2.24, 2.45) is 5.92 Å². The molecule has 0 spiro atoms. The van der Waals surface area contributed by atoms with Crippen molar-refractivity contribution in [3.8, 4) is 0 Å². The van der Waals surface area contributed by atoms with E-state index in [2.05, 4.69) is 18.3 Å². The third-order valence-electron chi connectivity index (χ3n) is 4.91. The number of nitrogens with one attached hydrogen (secondary N) is 1. The minimum absolute atomic E-state index is 0.0280. The van der Waals surface area contributed by atoms with Crippen LogP contribution in [-0.2, 0) is 11.2 Å². The fraction of sp³-hybridized carbons (Fsp3) is 0.400. The molecule has 2 amide bonds.